The first-order valence-electron chi connectivity index (χ1n) is 28.5. The lowest BCUT2D eigenvalue weighted by Gasteiger charge is -2.42. The van der Waals surface area contributed by atoms with E-state index in [-0.39, 0.29) is 0 Å². The summed E-state index contributed by atoms with van der Waals surface area (Å²) >= 11 is 2.57. The monoisotopic (exact) mass is 1190 g/mol. The van der Waals surface area contributed by atoms with Gasteiger partial charge in [0.25, 0.3) is 0 Å². The minimum atomic E-state index is -1.89. The van der Waals surface area contributed by atoms with Crippen molar-refractivity contribution < 1.29 is 12.3 Å². The zero-order chi connectivity index (χ0) is 51.6. The molecule has 4 bridgehead atoms. The summed E-state index contributed by atoms with van der Waals surface area (Å²) in [6.07, 6.45) is 0. The van der Waals surface area contributed by atoms with Crippen LogP contribution in [-0.2, 0) is 12.3 Å². The van der Waals surface area contributed by atoms with Crippen LogP contribution in [0.2, 0.25) is 289 Å². The molecule has 0 atom stereocenters. The first kappa shape index (κ1) is 63.2. The Morgan fingerprint density at radius 3 is 0.779 bits per heavy atom. The quantitative estimate of drug-likeness (QED) is 0.242. The van der Waals surface area contributed by atoms with Crippen LogP contribution >= 0.6 is 11.3 Å². The van der Waals surface area contributed by atoms with Crippen molar-refractivity contribution in [2.75, 3.05) is 0 Å². The van der Waals surface area contributed by atoms with Crippen LogP contribution in [0.1, 0.15) is 0 Å². The van der Waals surface area contributed by atoms with Gasteiger partial charge < -0.3 is 12.3 Å². The highest BCUT2D eigenvalue weighted by atomic mass is 32.1. The molecule has 0 spiro atoms. The van der Waals surface area contributed by atoms with E-state index in [1.165, 1.54) is 72.5 Å². The summed E-state index contributed by atoms with van der Waals surface area (Å²) < 4.78 is 26.3. The molecule has 0 saturated carbocycles. The Hall–Kier alpha value is 2.62. The third-order valence-corrected chi connectivity index (χ3v) is 76.9. The third-order valence-electron chi connectivity index (χ3n) is 18.7. The Morgan fingerprint density at radius 1 is 0.294 bits per heavy atom. The highest BCUT2D eigenvalue weighted by Crippen LogP contribution is 2.43. The molecular formula is C50H116O3SSi14. The molecule has 3 aliphatic rings. The number of hydrogen-bond acceptors (Lipinski definition) is 4. The Bertz CT molecular complexity index is 1690. The van der Waals surface area contributed by atoms with Gasteiger partial charge in [-0.05, 0) is 111 Å². The minimum absolute atomic E-state index is 0.728. The van der Waals surface area contributed by atoms with Gasteiger partial charge in [-0.15, -0.1) is 0 Å². The maximum absolute atomic E-state index is 7.58. The Morgan fingerprint density at radius 2 is 0.515 bits per heavy atom. The Labute approximate surface area is 445 Å². The molecular weight excluding hydrogens is 1070 g/mol. The summed E-state index contributed by atoms with van der Waals surface area (Å²) in [5.41, 5.74) is 0. The summed E-state index contributed by atoms with van der Waals surface area (Å²) in [4.78, 5) is 0. The largest absolute Gasteiger partial charge is 0.456 e. The van der Waals surface area contributed by atoms with Gasteiger partial charge in [0.2, 0.25) is 9.76 Å². The van der Waals surface area contributed by atoms with Crippen LogP contribution in [-0.4, -0.2) is 116 Å². The predicted molar refractivity (Wildman–Crippen MR) is 352 cm³/mol. The van der Waals surface area contributed by atoms with Crippen molar-refractivity contribution in [3.8, 4) is 0 Å². The smallest absolute Gasteiger partial charge is 0.214 e. The molecule has 4 heterocycles. The fourth-order valence-electron chi connectivity index (χ4n) is 12.2. The first-order chi connectivity index (χ1) is 30.6. The molecule has 3 aliphatic heterocycles. The SMILES string of the molecule is C[Si]1(C)CC[Si]O[Si](C)(C)CC[Si](C)(C)CC[Si]23CC[Si](C)(C)CC[Si](C)(C)O[Si](C)(C)CC[Si](C)(C)CC[Si](CC1)(CC[Si](C)(C)CC[Si](C)(C)O[Si](C)(C)CC[Si](C)(C)CC2)c1ccc3s1. The van der Waals surface area contributed by atoms with E-state index in [4.69, 9.17) is 12.3 Å². The fraction of sp³-hybridized carbons (Fsp3) is 0.920. The molecule has 4 rings (SSSR count). The second kappa shape index (κ2) is 23.7. The van der Waals surface area contributed by atoms with E-state index in [1.54, 1.807) is 72.5 Å². The zero-order valence-electron chi connectivity index (χ0n) is 49.8. The molecule has 0 amide bonds. The summed E-state index contributed by atoms with van der Waals surface area (Å²) in [5.74, 6) is 0. The summed E-state index contributed by atoms with van der Waals surface area (Å²) in [6, 6.07) is 41.7. The van der Waals surface area contributed by atoms with Gasteiger partial charge >= 0.3 is 0 Å². The highest BCUT2D eigenvalue weighted by Gasteiger charge is 2.47. The van der Waals surface area contributed by atoms with Crippen molar-refractivity contribution in [3.05, 3.63) is 12.1 Å². The molecule has 1 aromatic rings. The van der Waals surface area contributed by atoms with Crippen molar-refractivity contribution in [1.82, 2.24) is 0 Å². The van der Waals surface area contributed by atoms with Gasteiger partial charge in [-0.2, -0.15) is 11.3 Å². The normalized spacial score (nSPS) is 32.9. The predicted octanol–water partition coefficient (Wildman–Crippen LogP) is 18.5. The van der Waals surface area contributed by atoms with Crippen LogP contribution in [0.4, 0.5) is 0 Å². The summed E-state index contributed by atoms with van der Waals surface area (Å²) in [5, 5.41) is 0. The second-order valence-electron chi connectivity index (χ2n) is 32.0. The average molecular weight is 1190 g/mol. The van der Waals surface area contributed by atoms with Crippen LogP contribution in [0, 0.1) is 0 Å². The second-order valence-corrected chi connectivity index (χ2v) is 98.3. The molecule has 68 heavy (non-hydrogen) atoms. The van der Waals surface area contributed by atoms with Crippen LogP contribution in [0.25, 0.3) is 0 Å². The molecule has 0 fully saturated rings. The Kier molecular flexibility index (Phi) is 22.0. The fourth-order valence-corrected chi connectivity index (χ4v) is 95.0. The highest BCUT2D eigenvalue weighted by molar-refractivity contribution is 7.36. The lowest BCUT2D eigenvalue weighted by molar-refractivity contribution is 0.540. The van der Waals surface area contributed by atoms with Crippen molar-refractivity contribution >= 4 is 136 Å². The molecule has 0 aromatic carbocycles. The number of hydrogen-bond donors (Lipinski definition) is 0. The van der Waals surface area contributed by atoms with Gasteiger partial charge in [-0.1, -0.05) is 199 Å². The van der Waals surface area contributed by atoms with Crippen LogP contribution in [0.5, 0.6) is 0 Å². The van der Waals surface area contributed by atoms with E-state index in [9.17, 15) is 0 Å². The van der Waals surface area contributed by atoms with Crippen LogP contribution in [0.3, 0.4) is 0 Å². The van der Waals surface area contributed by atoms with E-state index in [1.807, 2.05) is 9.00 Å². The van der Waals surface area contributed by atoms with E-state index >= 15 is 0 Å². The van der Waals surface area contributed by atoms with Crippen molar-refractivity contribution in [2.24, 2.45) is 0 Å². The van der Waals surface area contributed by atoms with E-state index in [2.05, 4.69) is 168 Å². The topological polar surface area (TPSA) is 27.7 Å². The molecule has 0 aliphatic carbocycles. The van der Waals surface area contributed by atoms with E-state index < -0.39 is 106 Å². The standard InChI is InChI=1S/C50H116O3SSi14/c1-56(2)26-25-55-51-62(13,14)38-27-57(3,4)33-44-68-47-36-60(9,10)30-41-65(19,20)52-63(15,16)39-28-58(5,6)34-45-67(43-32-56,49-23-24-50(68)54-49)46-35-59(7,8)29-40-64(17,18)53-66(21,22)42-31-61(11,12)37-48-68/h23-24H,25-48H2,1-22H3. The van der Waals surface area contributed by atoms with Crippen molar-refractivity contribution in [3.63, 3.8) is 0 Å². The van der Waals surface area contributed by atoms with Crippen LogP contribution in [0.15, 0.2) is 12.1 Å². The third kappa shape index (κ3) is 21.2. The van der Waals surface area contributed by atoms with Crippen LogP contribution < -0.4 is 9.00 Å². The molecule has 0 saturated heterocycles. The average Bonchev–Trinajstić information content (AvgIpc) is 3.69. The lowest BCUT2D eigenvalue weighted by Crippen LogP contribution is -2.52. The maximum atomic E-state index is 7.58. The molecule has 2 radical (unpaired) electrons. The molecule has 396 valence electrons. The van der Waals surface area contributed by atoms with Gasteiger partial charge in [0.1, 0.15) is 0 Å². The lowest BCUT2D eigenvalue weighted by atomic mass is 10.7. The maximum Gasteiger partial charge on any atom is 0.214 e. The Balaban J connectivity index is 2.06. The molecule has 18 heteroatoms. The van der Waals surface area contributed by atoms with Gasteiger partial charge in [0.05, 0.1) is 16.1 Å². The molecule has 1 aromatic heterocycles. The van der Waals surface area contributed by atoms with Gasteiger partial charge in [0.15, 0.2) is 41.6 Å². The first-order valence-corrected chi connectivity index (χ1v) is 71.8. The molecule has 0 N–H and O–H groups in total. The van der Waals surface area contributed by atoms with E-state index in [0.717, 1.165) is 9.76 Å². The van der Waals surface area contributed by atoms with Gasteiger partial charge in [-0.25, -0.2) is 0 Å². The minimum Gasteiger partial charge on any atom is -0.456 e. The van der Waals surface area contributed by atoms with Crippen molar-refractivity contribution in [1.29, 1.82) is 0 Å². The molecule has 0 unspecified atom stereocenters. The van der Waals surface area contributed by atoms with Crippen molar-refractivity contribution in [2.45, 2.75) is 289 Å². The zero-order valence-corrected chi connectivity index (χ0v) is 64.6. The van der Waals surface area contributed by atoms with E-state index in [0.29, 0.717) is 0 Å². The molecule has 3 nitrogen and oxygen atoms in total. The number of rotatable bonds is 0. The van der Waals surface area contributed by atoms with Gasteiger partial charge in [-0.3, -0.25) is 0 Å². The number of thiophene rings is 1. The summed E-state index contributed by atoms with van der Waals surface area (Å²) in [7, 11) is -20.6. The summed E-state index contributed by atoms with van der Waals surface area (Å²) in [6.45, 7) is 60.1. The van der Waals surface area contributed by atoms with Gasteiger partial charge in [0, 0.05) is 48.4 Å².